The van der Waals surface area contributed by atoms with Crippen LogP contribution in [0, 0.1) is 0 Å². The summed E-state index contributed by atoms with van der Waals surface area (Å²) in [6.45, 7) is 6.38. The van der Waals surface area contributed by atoms with Crippen LogP contribution in [0.1, 0.15) is 37.9 Å². The normalized spacial score (nSPS) is 12.2. The minimum atomic E-state index is -0.861. The molecule has 0 bridgehead atoms. The third-order valence-corrected chi connectivity index (χ3v) is 3.85. The highest BCUT2D eigenvalue weighted by Gasteiger charge is 2.23. The maximum Gasteiger partial charge on any atom is 0.333 e. The molecule has 0 aliphatic heterocycles. The number of carbonyl (C=O) groups excluding carboxylic acids is 2. The Morgan fingerprint density at radius 1 is 0.960 bits per heavy atom. The number of esters is 1. The molecule has 0 aliphatic rings. The number of benzene rings is 2. The Morgan fingerprint density at radius 2 is 1.56 bits per heavy atom. The van der Waals surface area contributed by atoms with E-state index in [1.165, 1.54) is 12.7 Å². The molecule has 0 heterocycles. The van der Waals surface area contributed by atoms with E-state index < -0.39 is 18.0 Å². The molecule has 0 spiro atoms. The van der Waals surface area contributed by atoms with E-state index in [0.29, 0.717) is 11.3 Å². The van der Waals surface area contributed by atoms with Crippen molar-refractivity contribution in [3.63, 3.8) is 0 Å². The lowest BCUT2D eigenvalue weighted by Gasteiger charge is -2.20. The van der Waals surface area contributed by atoms with Crippen LogP contribution in [0.15, 0.2) is 54.6 Å². The van der Waals surface area contributed by atoms with Crippen LogP contribution >= 0.6 is 0 Å². The first-order chi connectivity index (χ1) is 11.8. The molecule has 2 aromatic carbocycles. The molecule has 25 heavy (non-hydrogen) atoms. The molecule has 2 N–H and O–H groups in total. The van der Waals surface area contributed by atoms with E-state index in [4.69, 9.17) is 4.74 Å². The number of nitrogens with one attached hydrogen (secondary N) is 2. The minimum Gasteiger partial charge on any atom is -0.467 e. The second-order valence-electron chi connectivity index (χ2n) is 6.79. The summed E-state index contributed by atoms with van der Waals surface area (Å²) in [7, 11) is 1.29. The molecule has 2 aromatic rings. The fourth-order valence-electron chi connectivity index (χ4n) is 2.39. The topological polar surface area (TPSA) is 67.4 Å². The Bertz CT molecular complexity index is 719. The Hall–Kier alpha value is -2.82. The molecular formula is C20H24N2O3. The van der Waals surface area contributed by atoms with Crippen molar-refractivity contribution in [2.75, 3.05) is 12.4 Å². The molecule has 0 radical (unpaired) electrons. The number of methoxy groups -OCH3 is 1. The highest BCUT2D eigenvalue weighted by Crippen LogP contribution is 2.23. The van der Waals surface area contributed by atoms with Gasteiger partial charge in [0, 0.05) is 5.69 Å². The van der Waals surface area contributed by atoms with E-state index in [1.807, 2.05) is 30.3 Å². The van der Waals surface area contributed by atoms with Crippen LogP contribution in [-0.2, 0) is 14.9 Å². The quantitative estimate of drug-likeness (QED) is 0.826. The van der Waals surface area contributed by atoms with Gasteiger partial charge < -0.3 is 15.4 Å². The number of ether oxygens (including phenoxy) is 1. The average molecular weight is 340 g/mol. The summed E-state index contributed by atoms with van der Waals surface area (Å²) in [5.74, 6) is -0.524. The number of urea groups is 1. The maximum absolute atomic E-state index is 12.3. The van der Waals surface area contributed by atoms with Crippen molar-refractivity contribution < 1.29 is 14.3 Å². The number of carbonyl (C=O) groups is 2. The lowest BCUT2D eigenvalue weighted by Crippen LogP contribution is -2.37. The van der Waals surface area contributed by atoms with Gasteiger partial charge in [-0.3, -0.25) is 0 Å². The van der Waals surface area contributed by atoms with Gasteiger partial charge in [-0.25, -0.2) is 9.59 Å². The molecular weight excluding hydrogens is 316 g/mol. The van der Waals surface area contributed by atoms with Crippen molar-refractivity contribution in [3.8, 4) is 0 Å². The predicted molar refractivity (Wildman–Crippen MR) is 98.5 cm³/mol. The Labute approximate surface area is 148 Å². The zero-order chi connectivity index (χ0) is 18.4. The van der Waals surface area contributed by atoms with Gasteiger partial charge in [0.1, 0.15) is 0 Å². The molecule has 0 saturated carbocycles. The highest BCUT2D eigenvalue weighted by molar-refractivity contribution is 5.92. The third-order valence-electron chi connectivity index (χ3n) is 3.85. The highest BCUT2D eigenvalue weighted by atomic mass is 16.5. The first kappa shape index (κ1) is 18.5. The number of rotatable bonds is 4. The predicted octanol–water partition coefficient (Wildman–Crippen LogP) is 4.02. The van der Waals surface area contributed by atoms with Crippen molar-refractivity contribution in [2.45, 2.75) is 32.2 Å². The molecule has 2 amide bonds. The van der Waals surface area contributed by atoms with E-state index in [9.17, 15) is 9.59 Å². The Balaban J connectivity index is 2.08. The van der Waals surface area contributed by atoms with Crippen molar-refractivity contribution in [1.29, 1.82) is 0 Å². The van der Waals surface area contributed by atoms with E-state index in [1.54, 1.807) is 24.3 Å². The van der Waals surface area contributed by atoms with Gasteiger partial charge in [0.05, 0.1) is 7.11 Å². The molecule has 1 atom stereocenters. The Kier molecular flexibility index (Phi) is 5.80. The molecule has 5 nitrogen and oxygen atoms in total. The molecule has 1 unspecified atom stereocenters. The Morgan fingerprint density at radius 3 is 2.08 bits per heavy atom. The number of anilines is 1. The summed E-state index contributed by atoms with van der Waals surface area (Å²) in [5, 5.41) is 5.39. The van der Waals surface area contributed by atoms with Gasteiger partial charge >= 0.3 is 12.0 Å². The standard InChI is InChI=1S/C20H24N2O3/c1-20(2,3)15-10-12-16(13-11-15)21-19(24)22-17(18(23)25-4)14-8-6-5-7-9-14/h5-13,17H,1-4H3,(H2,21,22,24). The van der Waals surface area contributed by atoms with Gasteiger partial charge in [-0.1, -0.05) is 63.2 Å². The summed E-state index contributed by atoms with van der Waals surface area (Å²) in [4.78, 5) is 24.3. The van der Waals surface area contributed by atoms with Crippen LogP contribution in [-0.4, -0.2) is 19.1 Å². The van der Waals surface area contributed by atoms with Crippen LogP contribution in [0.5, 0.6) is 0 Å². The fourth-order valence-corrected chi connectivity index (χ4v) is 2.39. The fraction of sp³-hybridized carbons (Fsp3) is 0.300. The number of amides is 2. The van der Waals surface area contributed by atoms with Crippen LogP contribution in [0.25, 0.3) is 0 Å². The lowest BCUT2D eigenvalue weighted by atomic mass is 9.87. The SMILES string of the molecule is COC(=O)C(NC(=O)Nc1ccc(C(C)(C)C)cc1)c1ccccc1. The van der Waals surface area contributed by atoms with E-state index in [2.05, 4.69) is 31.4 Å². The largest absolute Gasteiger partial charge is 0.467 e. The monoisotopic (exact) mass is 340 g/mol. The summed E-state index contributed by atoms with van der Waals surface area (Å²) >= 11 is 0. The van der Waals surface area contributed by atoms with Crippen molar-refractivity contribution in [2.24, 2.45) is 0 Å². The third kappa shape index (κ3) is 5.08. The van der Waals surface area contributed by atoms with Gasteiger partial charge in [0.15, 0.2) is 6.04 Å². The molecule has 0 saturated heterocycles. The zero-order valence-electron chi connectivity index (χ0n) is 15.0. The van der Waals surface area contributed by atoms with Crippen LogP contribution in [0.3, 0.4) is 0 Å². The van der Waals surface area contributed by atoms with E-state index in [0.717, 1.165) is 0 Å². The molecule has 0 aliphatic carbocycles. The second-order valence-corrected chi connectivity index (χ2v) is 6.79. The lowest BCUT2D eigenvalue weighted by molar-refractivity contribution is -0.143. The second kappa shape index (κ2) is 7.83. The first-order valence-corrected chi connectivity index (χ1v) is 8.12. The van der Waals surface area contributed by atoms with Crippen molar-refractivity contribution >= 4 is 17.7 Å². The van der Waals surface area contributed by atoms with Crippen LogP contribution in [0.4, 0.5) is 10.5 Å². The molecule has 5 heteroatoms. The maximum atomic E-state index is 12.3. The summed E-state index contributed by atoms with van der Waals surface area (Å²) < 4.78 is 4.79. The van der Waals surface area contributed by atoms with Gasteiger partial charge in [0.2, 0.25) is 0 Å². The van der Waals surface area contributed by atoms with E-state index >= 15 is 0 Å². The molecule has 132 valence electrons. The smallest absolute Gasteiger partial charge is 0.333 e. The van der Waals surface area contributed by atoms with Crippen LogP contribution in [0.2, 0.25) is 0 Å². The van der Waals surface area contributed by atoms with Gasteiger partial charge in [0.25, 0.3) is 0 Å². The van der Waals surface area contributed by atoms with Crippen molar-refractivity contribution in [3.05, 3.63) is 65.7 Å². The summed E-state index contributed by atoms with van der Waals surface area (Å²) in [6.07, 6.45) is 0. The average Bonchev–Trinajstić information content (AvgIpc) is 2.59. The zero-order valence-corrected chi connectivity index (χ0v) is 15.0. The number of hydrogen-bond donors (Lipinski definition) is 2. The van der Waals surface area contributed by atoms with Gasteiger partial charge in [-0.05, 0) is 28.7 Å². The van der Waals surface area contributed by atoms with Crippen LogP contribution < -0.4 is 10.6 Å². The first-order valence-electron chi connectivity index (χ1n) is 8.12. The van der Waals surface area contributed by atoms with E-state index in [-0.39, 0.29) is 5.41 Å². The molecule has 0 fully saturated rings. The molecule has 0 aromatic heterocycles. The molecule has 2 rings (SSSR count). The van der Waals surface area contributed by atoms with Crippen molar-refractivity contribution in [1.82, 2.24) is 5.32 Å². The summed E-state index contributed by atoms with van der Waals surface area (Å²) in [5.41, 5.74) is 2.54. The van der Waals surface area contributed by atoms with Gasteiger partial charge in [-0.2, -0.15) is 0 Å². The minimum absolute atomic E-state index is 0.0457. The summed E-state index contributed by atoms with van der Waals surface area (Å²) in [6, 6.07) is 15.3. The van der Waals surface area contributed by atoms with Gasteiger partial charge in [-0.15, -0.1) is 0 Å². The number of hydrogen-bond acceptors (Lipinski definition) is 3.